The number of hydrogen-bond acceptors (Lipinski definition) is 2. The Morgan fingerprint density at radius 2 is 1.48 bits per heavy atom. The highest BCUT2D eigenvalue weighted by molar-refractivity contribution is 5.80. The van der Waals surface area contributed by atoms with Crippen LogP contribution in [0.25, 0.3) is 0 Å². The van der Waals surface area contributed by atoms with Gasteiger partial charge in [0.2, 0.25) is 0 Å². The van der Waals surface area contributed by atoms with E-state index in [1.54, 1.807) is 12.2 Å². The van der Waals surface area contributed by atoms with E-state index in [4.69, 9.17) is 5.11 Å². The molecule has 1 N–H and O–H groups in total. The minimum absolute atomic E-state index is 0.427. The fourth-order valence-corrected chi connectivity index (χ4v) is 2.12. The molecule has 0 aromatic carbocycles. The lowest BCUT2D eigenvalue weighted by molar-refractivity contribution is -0.131. The summed E-state index contributed by atoms with van der Waals surface area (Å²) in [7, 11) is 0. The average molecular weight is 294 g/mol. The Kier molecular flexibility index (Phi) is 14.0. The molecule has 21 heavy (non-hydrogen) atoms. The first-order valence-corrected chi connectivity index (χ1v) is 8.24. The molecule has 0 aliphatic rings. The summed E-state index contributed by atoms with van der Waals surface area (Å²) in [5.41, 5.74) is 0. The van der Waals surface area contributed by atoms with Crippen molar-refractivity contribution in [3.8, 4) is 0 Å². The molecule has 0 radical (unpaired) electrons. The third-order valence-electron chi connectivity index (χ3n) is 3.37. The first-order chi connectivity index (χ1) is 10.2. The summed E-state index contributed by atoms with van der Waals surface area (Å²) < 4.78 is 0. The molecule has 120 valence electrons. The molecule has 0 aromatic rings. The molecule has 0 rings (SSSR count). The first-order valence-electron chi connectivity index (χ1n) is 8.24. The summed E-state index contributed by atoms with van der Waals surface area (Å²) in [6.07, 6.45) is 18.0. The van der Waals surface area contributed by atoms with Gasteiger partial charge in [-0.15, -0.1) is 0 Å². The highest BCUT2D eigenvalue weighted by Crippen LogP contribution is 2.10. The number of allylic oxidation sites excluding steroid dienone is 3. The SMILES string of the molecule is CCCCCC(=O)CCCCCCCC=CC=CC(=O)O. The Balaban J connectivity index is 3.29. The van der Waals surface area contributed by atoms with Crippen molar-refractivity contribution in [3.63, 3.8) is 0 Å². The zero-order chi connectivity index (χ0) is 15.8. The van der Waals surface area contributed by atoms with E-state index in [-0.39, 0.29) is 0 Å². The molecule has 0 fully saturated rings. The smallest absolute Gasteiger partial charge is 0.328 e. The van der Waals surface area contributed by atoms with E-state index in [0.717, 1.165) is 51.0 Å². The van der Waals surface area contributed by atoms with Crippen molar-refractivity contribution >= 4 is 11.8 Å². The van der Waals surface area contributed by atoms with Crippen molar-refractivity contribution < 1.29 is 14.7 Å². The number of ketones is 1. The van der Waals surface area contributed by atoms with Crippen molar-refractivity contribution in [3.05, 3.63) is 24.3 Å². The normalized spacial score (nSPS) is 11.5. The zero-order valence-corrected chi connectivity index (χ0v) is 13.4. The van der Waals surface area contributed by atoms with Crippen molar-refractivity contribution in [1.29, 1.82) is 0 Å². The van der Waals surface area contributed by atoms with E-state index in [1.807, 2.05) is 6.08 Å². The van der Waals surface area contributed by atoms with Gasteiger partial charge in [0, 0.05) is 18.9 Å². The predicted octanol–water partition coefficient (Wildman–Crippen LogP) is 5.06. The van der Waals surface area contributed by atoms with Crippen LogP contribution >= 0.6 is 0 Å². The molecule has 0 spiro atoms. The molecule has 0 aromatic heterocycles. The third-order valence-corrected chi connectivity index (χ3v) is 3.37. The van der Waals surface area contributed by atoms with E-state index in [0.29, 0.717) is 5.78 Å². The number of carboxylic acids is 1. The van der Waals surface area contributed by atoms with E-state index in [1.165, 1.54) is 25.7 Å². The van der Waals surface area contributed by atoms with Gasteiger partial charge in [-0.1, -0.05) is 57.3 Å². The lowest BCUT2D eigenvalue weighted by Crippen LogP contribution is -1.97. The molecular weight excluding hydrogens is 264 g/mol. The molecule has 3 heteroatoms. The average Bonchev–Trinajstić information content (AvgIpc) is 2.44. The molecule has 0 amide bonds. The number of carboxylic acid groups (broad SMARTS) is 1. The van der Waals surface area contributed by atoms with Gasteiger partial charge in [-0.3, -0.25) is 4.79 Å². The van der Waals surface area contributed by atoms with Crippen LogP contribution in [0.15, 0.2) is 24.3 Å². The number of rotatable bonds is 14. The molecule has 0 aliphatic heterocycles. The number of carbonyl (C=O) groups excluding carboxylic acids is 1. The molecule has 3 nitrogen and oxygen atoms in total. The maximum atomic E-state index is 11.5. The molecule has 0 saturated heterocycles. The number of aliphatic carboxylic acids is 1. The van der Waals surface area contributed by atoms with Gasteiger partial charge in [0.1, 0.15) is 5.78 Å². The van der Waals surface area contributed by atoms with Crippen LogP contribution in [0.1, 0.15) is 77.6 Å². The van der Waals surface area contributed by atoms with Crippen molar-refractivity contribution in [2.75, 3.05) is 0 Å². The van der Waals surface area contributed by atoms with Gasteiger partial charge in [-0.25, -0.2) is 4.79 Å². The highest BCUT2D eigenvalue weighted by Gasteiger charge is 2.00. The standard InChI is InChI=1S/C18H30O3/c1-2-3-11-14-17(19)15-12-9-7-5-4-6-8-10-13-16-18(20)21/h8,10,13,16H,2-7,9,11-12,14-15H2,1H3,(H,20,21). The van der Waals surface area contributed by atoms with Crippen LogP contribution in [-0.2, 0) is 9.59 Å². The van der Waals surface area contributed by atoms with Crippen LogP contribution < -0.4 is 0 Å². The van der Waals surface area contributed by atoms with Gasteiger partial charge in [-0.05, 0) is 25.7 Å². The summed E-state index contributed by atoms with van der Waals surface area (Å²) in [6.45, 7) is 2.15. The van der Waals surface area contributed by atoms with Gasteiger partial charge in [-0.2, -0.15) is 0 Å². The summed E-state index contributed by atoms with van der Waals surface area (Å²) in [6, 6.07) is 0. The Morgan fingerprint density at radius 1 is 0.857 bits per heavy atom. The number of hydrogen-bond donors (Lipinski definition) is 1. The minimum atomic E-state index is -0.913. The zero-order valence-electron chi connectivity index (χ0n) is 13.4. The maximum absolute atomic E-state index is 11.5. The Hall–Kier alpha value is -1.38. The molecule has 0 atom stereocenters. The number of unbranched alkanes of at least 4 members (excludes halogenated alkanes) is 7. The Bertz CT molecular complexity index is 329. The van der Waals surface area contributed by atoms with E-state index in [2.05, 4.69) is 6.92 Å². The predicted molar refractivity (Wildman–Crippen MR) is 87.4 cm³/mol. The summed E-state index contributed by atoms with van der Waals surface area (Å²) >= 11 is 0. The second kappa shape index (κ2) is 15.0. The highest BCUT2D eigenvalue weighted by atomic mass is 16.4. The molecule has 0 aliphatic carbocycles. The van der Waals surface area contributed by atoms with Crippen LogP contribution in [0.4, 0.5) is 0 Å². The lowest BCUT2D eigenvalue weighted by Gasteiger charge is -2.01. The summed E-state index contributed by atoms with van der Waals surface area (Å²) in [5, 5.41) is 8.39. The molecule has 0 unspecified atom stereocenters. The second-order valence-corrected chi connectivity index (χ2v) is 5.43. The molecule has 0 saturated carbocycles. The Labute approximate surface area is 129 Å². The van der Waals surface area contributed by atoms with Gasteiger partial charge in [0.05, 0.1) is 0 Å². The van der Waals surface area contributed by atoms with Crippen molar-refractivity contribution in [2.24, 2.45) is 0 Å². The quantitative estimate of drug-likeness (QED) is 0.277. The van der Waals surface area contributed by atoms with Crippen LogP contribution in [-0.4, -0.2) is 16.9 Å². The van der Waals surface area contributed by atoms with E-state index < -0.39 is 5.97 Å². The van der Waals surface area contributed by atoms with Gasteiger partial charge >= 0.3 is 5.97 Å². The second-order valence-electron chi connectivity index (χ2n) is 5.43. The lowest BCUT2D eigenvalue weighted by atomic mass is 10.0. The summed E-state index contributed by atoms with van der Waals surface area (Å²) in [5.74, 6) is -0.486. The number of carbonyl (C=O) groups is 2. The maximum Gasteiger partial charge on any atom is 0.328 e. The monoisotopic (exact) mass is 294 g/mol. The molecule has 0 bridgehead atoms. The third kappa shape index (κ3) is 16.6. The molecular formula is C18H30O3. The van der Waals surface area contributed by atoms with Crippen LogP contribution in [0, 0.1) is 0 Å². The van der Waals surface area contributed by atoms with Gasteiger partial charge < -0.3 is 5.11 Å². The minimum Gasteiger partial charge on any atom is -0.478 e. The van der Waals surface area contributed by atoms with Gasteiger partial charge in [0.25, 0.3) is 0 Å². The largest absolute Gasteiger partial charge is 0.478 e. The van der Waals surface area contributed by atoms with Crippen LogP contribution in [0.3, 0.4) is 0 Å². The van der Waals surface area contributed by atoms with Crippen LogP contribution in [0.5, 0.6) is 0 Å². The molecule has 0 heterocycles. The van der Waals surface area contributed by atoms with Crippen molar-refractivity contribution in [1.82, 2.24) is 0 Å². The topological polar surface area (TPSA) is 54.4 Å². The van der Waals surface area contributed by atoms with Gasteiger partial charge in [0.15, 0.2) is 0 Å². The van der Waals surface area contributed by atoms with Crippen LogP contribution in [0.2, 0.25) is 0 Å². The van der Waals surface area contributed by atoms with Crippen molar-refractivity contribution in [2.45, 2.75) is 77.6 Å². The fraction of sp³-hybridized carbons (Fsp3) is 0.667. The van der Waals surface area contributed by atoms with E-state index in [9.17, 15) is 9.59 Å². The Morgan fingerprint density at radius 3 is 2.14 bits per heavy atom. The number of Topliss-reactive ketones (excluding diaryl/α,β-unsaturated/α-hetero) is 1. The summed E-state index contributed by atoms with van der Waals surface area (Å²) in [4.78, 5) is 21.8. The fourth-order valence-electron chi connectivity index (χ4n) is 2.12. The van der Waals surface area contributed by atoms with E-state index >= 15 is 0 Å². The first kappa shape index (κ1) is 19.6.